The lowest BCUT2D eigenvalue weighted by molar-refractivity contribution is -0.121. The largest absolute Gasteiger partial charge is 0.459 e. The molecule has 0 radical (unpaired) electrons. The van der Waals surface area contributed by atoms with Gasteiger partial charge in [-0.3, -0.25) is 9.59 Å². The van der Waals surface area contributed by atoms with Crippen molar-refractivity contribution in [3.63, 3.8) is 0 Å². The average molecular weight is 238 g/mol. The summed E-state index contributed by atoms with van der Waals surface area (Å²) in [6.45, 7) is 2.88. The van der Waals surface area contributed by atoms with Gasteiger partial charge < -0.3 is 15.1 Å². The van der Waals surface area contributed by atoms with Crippen LogP contribution in [0.5, 0.6) is 0 Å². The van der Waals surface area contributed by atoms with Crippen LogP contribution in [0.3, 0.4) is 0 Å². The first-order chi connectivity index (χ1) is 8.24. The number of hydrogen-bond donors (Lipinski definition) is 2. The van der Waals surface area contributed by atoms with Gasteiger partial charge in [0.2, 0.25) is 5.91 Å². The first kappa shape index (κ1) is 13.3. The van der Waals surface area contributed by atoms with E-state index in [-0.39, 0.29) is 17.6 Å². The second-order valence-electron chi connectivity index (χ2n) is 3.69. The summed E-state index contributed by atoms with van der Waals surface area (Å²) in [7, 11) is 0. The van der Waals surface area contributed by atoms with Crippen molar-refractivity contribution in [3.8, 4) is 0 Å². The summed E-state index contributed by atoms with van der Waals surface area (Å²) in [5.74, 6) is 0.0409. The van der Waals surface area contributed by atoms with Gasteiger partial charge in [-0.15, -0.1) is 0 Å². The minimum absolute atomic E-state index is 0.0269. The molecule has 5 heteroatoms. The minimum atomic E-state index is -0.266. The molecule has 0 spiro atoms. The highest BCUT2D eigenvalue weighted by atomic mass is 16.3. The second kappa shape index (κ2) is 7.49. The van der Waals surface area contributed by atoms with Crippen LogP contribution >= 0.6 is 0 Å². The molecule has 1 heterocycles. The standard InChI is InChI=1S/C12H18N2O3/c1-2-3-6-11(15)13-7-8-14-12(16)10-5-4-9-17-10/h4-5,9H,2-3,6-8H2,1H3,(H,13,15)(H,14,16). The molecule has 5 nitrogen and oxygen atoms in total. The first-order valence-electron chi connectivity index (χ1n) is 5.82. The summed E-state index contributed by atoms with van der Waals surface area (Å²) in [6.07, 6.45) is 3.89. The third-order valence-electron chi connectivity index (χ3n) is 2.24. The van der Waals surface area contributed by atoms with Crippen molar-refractivity contribution < 1.29 is 14.0 Å². The van der Waals surface area contributed by atoms with Crippen molar-refractivity contribution in [3.05, 3.63) is 24.2 Å². The number of rotatable bonds is 7. The van der Waals surface area contributed by atoms with E-state index >= 15 is 0 Å². The van der Waals surface area contributed by atoms with E-state index in [4.69, 9.17) is 4.42 Å². The van der Waals surface area contributed by atoms with Crippen LogP contribution in [0.25, 0.3) is 0 Å². The SMILES string of the molecule is CCCCC(=O)NCCNC(=O)c1ccco1. The van der Waals surface area contributed by atoms with Crippen LogP contribution in [0.1, 0.15) is 36.7 Å². The zero-order chi connectivity index (χ0) is 12.5. The highest BCUT2D eigenvalue weighted by Gasteiger charge is 2.06. The van der Waals surface area contributed by atoms with Crippen LogP contribution in [0, 0.1) is 0 Å². The third-order valence-corrected chi connectivity index (χ3v) is 2.24. The number of carbonyl (C=O) groups excluding carboxylic acids is 2. The maximum Gasteiger partial charge on any atom is 0.287 e. The van der Waals surface area contributed by atoms with Gasteiger partial charge in [-0.25, -0.2) is 0 Å². The topological polar surface area (TPSA) is 71.3 Å². The van der Waals surface area contributed by atoms with E-state index in [1.54, 1.807) is 12.1 Å². The van der Waals surface area contributed by atoms with Gasteiger partial charge in [0.1, 0.15) is 0 Å². The number of carbonyl (C=O) groups is 2. The van der Waals surface area contributed by atoms with Crippen molar-refractivity contribution in [1.82, 2.24) is 10.6 Å². The molecule has 0 aliphatic rings. The molecule has 0 saturated heterocycles. The lowest BCUT2D eigenvalue weighted by atomic mass is 10.2. The summed E-state index contributed by atoms with van der Waals surface area (Å²) >= 11 is 0. The first-order valence-corrected chi connectivity index (χ1v) is 5.82. The molecule has 0 unspecified atom stereocenters. The molecule has 0 atom stereocenters. The Labute approximate surface area is 101 Å². The summed E-state index contributed by atoms with van der Waals surface area (Å²) < 4.78 is 4.93. The zero-order valence-corrected chi connectivity index (χ0v) is 9.99. The Morgan fingerprint density at radius 1 is 1.29 bits per heavy atom. The Morgan fingerprint density at radius 2 is 2.06 bits per heavy atom. The van der Waals surface area contributed by atoms with Gasteiger partial charge >= 0.3 is 0 Å². The van der Waals surface area contributed by atoms with Gasteiger partial charge in [-0.2, -0.15) is 0 Å². The molecular weight excluding hydrogens is 220 g/mol. The van der Waals surface area contributed by atoms with Gasteiger partial charge in [-0.05, 0) is 18.6 Å². The highest BCUT2D eigenvalue weighted by Crippen LogP contribution is 1.98. The van der Waals surface area contributed by atoms with E-state index in [2.05, 4.69) is 10.6 Å². The maximum absolute atomic E-state index is 11.4. The molecule has 1 aromatic heterocycles. The Balaban J connectivity index is 2.08. The molecular formula is C12H18N2O3. The van der Waals surface area contributed by atoms with Gasteiger partial charge in [-0.1, -0.05) is 13.3 Å². The molecule has 0 aliphatic heterocycles. The summed E-state index contributed by atoms with van der Waals surface area (Å²) in [4.78, 5) is 22.6. The molecule has 0 saturated carbocycles. The van der Waals surface area contributed by atoms with E-state index in [1.807, 2.05) is 6.92 Å². The highest BCUT2D eigenvalue weighted by molar-refractivity contribution is 5.91. The Hall–Kier alpha value is -1.78. The molecule has 2 N–H and O–H groups in total. The Morgan fingerprint density at radius 3 is 2.71 bits per heavy atom. The van der Waals surface area contributed by atoms with E-state index in [0.717, 1.165) is 12.8 Å². The molecule has 94 valence electrons. The van der Waals surface area contributed by atoms with Crippen LogP contribution in [0.15, 0.2) is 22.8 Å². The van der Waals surface area contributed by atoms with Crippen molar-refractivity contribution >= 4 is 11.8 Å². The molecule has 0 fully saturated rings. The van der Waals surface area contributed by atoms with Crippen molar-refractivity contribution in [1.29, 1.82) is 0 Å². The fourth-order valence-electron chi connectivity index (χ4n) is 1.30. The number of amides is 2. The molecule has 17 heavy (non-hydrogen) atoms. The monoisotopic (exact) mass is 238 g/mol. The van der Waals surface area contributed by atoms with Crippen LogP contribution in [-0.4, -0.2) is 24.9 Å². The summed E-state index contributed by atoms with van der Waals surface area (Å²) in [6, 6.07) is 3.25. The van der Waals surface area contributed by atoms with Crippen LogP contribution in [-0.2, 0) is 4.79 Å². The van der Waals surface area contributed by atoms with Crippen molar-refractivity contribution in [2.75, 3.05) is 13.1 Å². The maximum atomic E-state index is 11.4. The van der Waals surface area contributed by atoms with Gasteiger partial charge in [0.15, 0.2) is 5.76 Å². The lowest BCUT2D eigenvalue weighted by Crippen LogP contribution is -2.34. The van der Waals surface area contributed by atoms with Crippen molar-refractivity contribution in [2.24, 2.45) is 0 Å². The zero-order valence-electron chi connectivity index (χ0n) is 9.99. The van der Waals surface area contributed by atoms with Crippen LogP contribution in [0.2, 0.25) is 0 Å². The third kappa shape index (κ3) is 5.19. The molecule has 0 aliphatic carbocycles. The smallest absolute Gasteiger partial charge is 0.287 e. The lowest BCUT2D eigenvalue weighted by Gasteiger charge is -2.05. The fraction of sp³-hybridized carbons (Fsp3) is 0.500. The quantitative estimate of drug-likeness (QED) is 0.704. The Kier molecular flexibility index (Phi) is 5.85. The van der Waals surface area contributed by atoms with Gasteiger partial charge in [0.25, 0.3) is 5.91 Å². The minimum Gasteiger partial charge on any atom is -0.459 e. The van der Waals surface area contributed by atoms with E-state index in [1.165, 1.54) is 6.26 Å². The predicted molar refractivity (Wildman–Crippen MR) is 63.6 cm³/mol. The normalized spacial score (nSPS) is 9.94. The molecule has 1 rings (SSSR count). The number of hydrogen-bond acceptors (Lipinski definition) is 3. The van der Waals surface area contributed by atoms with E-state index in [9.17, 15) is 9.59 Å². The molecule has 1 aromatic rings. The van der Waals surface area contributed by atoms with Gasteiger partial charge in [0, 0.05) is 19.5 Å². The number of furan rings is 1. The van der Waals surface area contributed by atoms with Crippen LogP contribution in [0.4, 0.5) is 0 Å². The van der Waals surface area contributed by atoms with Crippen molar-refractivity contribution in [2.45, 2.75) is 26.2 Å². The molecule has 2 amide bonds. The summed E-state index contributed by atoms with van der Waals surface area (Å²) in [5, 5.41) is 5.38. The molecule has 0 aromatic carbocycles. The van der Waals surface area contributed by atoms with E-state index in [0.29, 0.717) is 19.5 Å². The Bertz CT molecular complexity index is 347. The molecule has 0 bridgehead atoms. The number of unbranched alkanes of at least 4 members (excludes halogenated alkanes) is 1. The van der Waals surface area contributed by atoms with Gasteiger partial charge in [0.05, 0.1) is 6.26 Å². The predicted octanol–water partition coefficient (Wildman–Crippen LogP) is 1.32. The summed E-state index contributed by atoms with van der Waals surface area (Å²) in [5.41, 5.74) is 0. The average Bonchev–Trinajstić information content (AvgIpc) is 2.85. The fourth-order valence-corrected chi connectivity index (χ4v) is 1.30. The second-order valence-corrected chi connectivity index (χ2v) is 3.69. The van der Waals surface area contributed by atoms with E-state index < -0.39 is 0 Å². The number of nitrogens with one attached hydrogen (secondary N) is 2. The van der Waals surface area contributed by atoms with Crippen LogP contribution < -0.4 is 10.6 Å².